The van der Waals surface area contributed by atoms with E-state index in [1.165, 1.54) is 7.11 Å². The van der Waals surface area contributed by atoms with Gasteiger partial charge in [-0.05, 0) is 24.3 Å². The number of carbonyl (C=O) groups excluding carboxylic acids is 1. The van der Waals surface area contributed by atoms with Crippen molar-refractivity contribution < 1.29 is 19.0 Å². The minimum absolute atomic E-state index is 0.267. The fourth-order valence-corrected chi connectivity index (χ4v) is 2.41. The number of ether oxygens (including phenoxy) is 3. The molecule has 0 saturated heterocycles. The molecule has 0 aliphatic heterocycles. The minimum atomic E-state index is -0.673. The Labute approximate surface area is 94.9 Å². The zero-order valence-corrected chi connectivity index (χ0v) is 9.73. The summed E-state index contributed by atoms with van der Waals surface area (Å²) in [7, 11) is 4.62. The maximum absolute atomic E-state index is 11.8. The second kappa shape index (κ2) is 3.71. The summed E-state index contributed by atoms with van der Waals surface area (Å²) in [5.41, 5.74) is -1.16. The summed E-state index contributed by atoms with van der Waals surface area (Å²) in [4.78, 5) is 11.8. The number of esters is 1. The van der Waals surface area contributed by atoms with Crippen LogP contribution in [0.25, 0.3) is 0 Å². The van der Waals surface area contributed by atoms with Crippen LogP contribution in [0.15, 0.2) is 24.3 Å². The quantitative estimate of drug-likeness (QED) is 0.531. The molecule has 0 N–H and O–H groups in total. The number of hydrogen-bond donors (Lipinski definition) is 0. The summed E-state index contributed by atoms with van der Waals surface area (Å²) in [5.74, 6) is -0.616. The van der Waals surface area contributed by atoms with Crippen LogP contribution in [-0.2, 0) is 19.0 Å². The van der Waals surface area contributed by atoms with E-state index in [9.17, 15) is 4.79 Å². The molecule has 0 saturated carbocycles. The van der Waals surface area contributed by atoms with Crippen LogP contribution in [0.4, 0.5) is 0 Å². The van der Waals surface area contributed by atoms with Gasteiger partial charge in [-0.25, -0.2) is 0 Å². The van der Waals surface area contributed by atoms with E-state index in [0.29, 0.717) is 6.42 Å². The van der Waals surface area contributed by atoms with Crippen molar-refractivity contribution in [2.45, 2.75) is 17.6 Å². The van der Waals surface area contributed by atoms with E-state index >= 15 is 0 Å². The molecule has 2 bridgehead atoms. The SMILES string of the molecule is COC(=O)C1CC2(OC)C=CC1(OC)C=C2. The summed E-state index contributed by atoms with van der Waals surface area (Å²) >= 11 is 0. The summed E-state index contributed by atoms with van der Waals surface area (Å²) in [6.07, 6.45) is 8.19. The van der Waals surface area contributed by atoms with Crippen LogP contribution >= 0.6 is 0 Å². The van der Waals surface area contributed by atoms with Gasteiger partial charge < -0.3 is 14.2 Å². The van der Waals surface area contributed by atoms with E-state index < -0.39 is 11.2 Å². The third kappa shape index (κ3) is 1.41. The summed E-state index contributed by atoms with van der Waals surface area (Å²) in [5, 5.41) is 0. The third-order valence-corrected chi connectivity index (χ3v) is 3.54. The molecule has 0 amide bonds. The molecule has 0 aromatic carbocycles. The Bertz CT molecular complexity index is 342. The molecular formula is C12H16O4. The van der Waals surface area contributed by atoms with Gasteiger partial charge in [0.15, 0.2) is 0 Å². The van der Waals surface area contributed by atoms with E-state index in [-0.39, 0.29) is 11.9 Å². The molecule has 0 aromatic heterocycles. The molecule has 3 aliphatic carbocycles. The van der Waals surface area contributed by atoms with Crippen molar-refractivity contribution in [1.82, 2.24) is 0 Å². The Morgan fingerprint density at radius 1 is 1.12 bits per heavy atom. The number of hydrogen-bond acceptors (Lipinski definition) is 4. The molecule has 4 heteroatoms. The second-order valence-corrected chi connectivity index (χ2v) is 4.16. The molecule has 3 aliphatic rings. The van der Waals surface area contributed by atoms with Gasteiger partial charge in [0.1, 0.15) is 11.2 Å². The van der Waals surface area contributed by atoms with Gasteiger partial charge in [0.2, 0.25) is 0 Å². The van der Waals surface area contributed by atoms with E-state index in [2.05, 4.69) is 0 Å². The Morgan fingerprint density at radius 2 is 1.75 bits per heavy atom. The van der Waals surface area contributed by atoms with Crippen LogP contribution in [0.3, 0.4) is 0 Å². The molecule has 0 heterocycles. The Kier molecular flexibility index (Phi) is 2.64. The lowest BCUT2D eigenvalue weighted by atomic mass is 9.68. The second-order valence-electron chi connectivity index (χ2n) is 4.16. The fraction of sp³-hybridized carbons (Fsp3) is 0.583. The maximum Gasteiger partial charge on any atom is 0.312 e. The summed E-state index contributed by atoms with van der Waals surface area (Å²) in [6, 6.07) is 0. The van der Waals surface area contributed by atoms with Gasteiger partial charge in [-0.2, -0.15) is 0 Å². The van der Waals surface area contributed by atoms with E-state index in [4.69, 9.17) is 14.2 Å². The Balaban J connectivity index is 2.39. The van der Waals surface area contributed by atoms with E-state index in [1.807, 2.05) is 24.3 Å². The average molecular weight is 224 g/mol. The number of carbonyl (C=O) groups is 1. The molecule has 0 fully saturated rings. The van der Waals surface area contributed by atoms with E-state index in [1.54, 1.807) is 14.2 Å². The molecule has 88 valence electrons. The molecule has 0 aromatic rings. The maximum atomic E-state index is 11.8. The normalized spacial score (nSPS) is 40.1. The van der Waals surface area contributed by atoms with Crippen molar-refractivity contribution in [2.75, 3.05) is 21.3 Å². The van der Waals surface area contributed by atoms with Crippen LogP contribution in [0, 0.1) is 5.92 Å². The lowest BCUT2D eigenvalue weighted by molar-refractivity contribution is -0.157. The van der Waals surface area contributed by atoms with Crippen LogP contribution in [-0.4, -0.2) is 38.5 Å². The lowest BCUT2D eigenvalue weighted by Crippen LogP contribution is -2.53. The molecule has 1 atom stereocenters. The van der Waals surface area contributed by atoms with Crippen molar-refractivity contribution in [3.63, 3.8) is 0 Å². The van der Waals surface area contributed by atoms with Gasteiger partial charge in [0.05, 0.1) is 13.0 Å². The predicted octanol–water partition coefficient (Wildman–Crippen LogP) is 1.08. The highest BCUT2D eigenvalue weighted by Gasteiger charge is 2.52. The smallest absolute Gasteiger partial charge is 0.312 e. The predicted molar refractivity (Wildman–Crippen MR) is 57.9 cm³/mol. The minimum Gasteiger partial charge on any atom is -0.469 e. The molecule has 0 radical (unpaired) electrons. The summed E-state index contributed by atoms with van der Waals surface area (Å²) in [6.45, 7) is 0. The van der Waals surface area contributed by atoms with Crippen LogP contribution in [0.1, 0.15) is 6.42 Å². The van der Waals surface area contributed by atoms with Crippen molar-refractivity contribution in [3.8, 4) is 0 Å². The van der Waals surface area contributed by atoms with Gasteiger partial charge in [-0.1, -0.05) is 0 Å². The standard InChI is InChI=1S/C12H16O4/c1-14-10(13)9-8-11(15-2)4-6-12(9,16-3)7-5-11/h4-7,9H,8H2,1-3H3. The van der Waals surface area contributed by atoms with Gasteiger partial charge in [-0.3, -0.25) is 4.79 Å². The third-order valence-electron chi connectivity index (χ3n) is 3.54. The topological polar surface area (TPSA) is 44.8 Å². The Hall–Kier alpha value is -1.13. The first-order valence-corrected chi connectivity index (χ1v) is 5.20. The molecular weight excluding hydrogens is 208 g/mol. The fourth-order valence-electron chi connectivity index (χ4n) is 2.41. The largest absolute Gasteiger partial charge is 0.469 e. The molecule has 0 spiro atoms. The van der Waals surface area contributed by atoms with Crippen molar-refractivity contribution in [3.05, 3.63) is 24.3 Å². The van der Waals surface area contributed by atoms with Crippen LogP contribution < -0.4 is 0 Å². The highest BCUT2D eigenvalue weighted by Crippen LogP contribution is 2.45. The first-order chi connectivity index (χ1) is 7.61. The van der Waals surface area contributed by atoms with E-state index in [0.717, 1.165) is 0 Å². The van der Waals surface area contributed by atoms with Gasteiger partial charge in [-0.15, -0.1) is 0 Å². The first kappa shape index (κ1) is 11.4. The summed E-state index contributed by atoms with van der Waals surface area (Å²) < 4.78 is 15.7. The van der Waals surface area contributed by atoms with Gasteiger partial charge >= 0.3 is 5.97 Å². The Morgan fingerprint density at radius 3 is 2.19 bits per heavy atom. The average Bonchev–Trinajstić information content (AvgIpc) is 2.39. The zero-order valence-electron chi connectivity index (χ0n) is 9.73. The van der Waals surface area contributed by atoms with Crippen molar-refractivity contribution >= 4 is 5.97 Å². The molecule has 16 heavy (non-hydrogen) atoms. The first-order valence-electron chi connectivity index (χ1n) is 5.20. The lowest BCUT2D eigenvalue weighted by Gasteiger charge is -2.46. The van der Waals surface area contributed by atoms with Crippen LogP contribution in [0.5, 0.6) is 0 Å². The highest BCUT2D eigenvalue weighted by atomic mass is 16.5. The monoisotopic (exact) mass is 224 g/mol. The molecule has 1 unspecified atom stereocenters. The van der Waals surface area contributed by atoms with Crippen LogP contribution in [0.2, 0.25) is 0 Å². The van der Waals surface area contributed by atoms with Crippen molar-refractivity contribution in [1.29, 1.82) is 0 Å². The number of rotatable bonds is 3. The molecule has 4 nitrogen and oxygen atoms in total. The van der Waals surface area contributed by atoms with Crippen molar-refractivity contribution in [2.24, 2.45) is 5.92 Å². The highest BCUT2D eigenvalue weighted by molar-refractivity contribution is 5.76. The zero-order chi connectivity index (χ0) is 11.8. The number of fused-ring (bicyclic) bond motifs is 1. The number of methoxy groups -OCH3 is 3. The van der Waals surface area contributed by atoms with Gasteiger partial charge in [0.25, 0.3) is 0 Å². The molecule has 3 rings (SSSR count). The van der Waals surface area contributed by atoms with Gasteiger partial charge in [0, 0.05) is 20.6 Å².